The van der Waals surface area contributed by atoms with Crippen molar-refractivity contribution < 1.29 is 19.4 Å². The fraction of sp³-hybridized carbons (Fsp3) is 0.462. The van der Waals surface area contributed by atoms with Crippen LogP contribution in [0.4, 0.5) is 0 Å². The van der Waals surface area contributed by atoms with Gasteiger partial charge in [0.2, 0.25) is 0 Å². The van der Waals surface area contributed by atoms with E-state index in [0.29, 0.717) is 19.6 Å². The van der Waals surface area contributed by atoms with Crippen molar-refractivity contribution >= 4 is 5.97 Å². The SMILES string of the molecule is Cc1cccc(OCCCO[C@@H](C)C(=O)O)c1. The fourth-order valence-corrected chi connectivity index (χ4v) is 1.29. The largest absolute Gasteiger partial charge is 0.493 e. The highest BCUT2D eigenvalue weighted by atomic mass is 16.5. The Bertz CT molecular complexity index is 362. The van der Waals surface area contributed by atoms with Gasteiger partial charge in [-0.25, -0.2) is 4.79 Å². The van der Waals surface area contributed by atoms with Gasteiger partial charge in [-0.2, -0.15) is 0 Å². The summed E-state index contributed by atoms with van der Waals surface area (Å²) >= 11 is 0. The highest BCUT2D eigenvalue weighted by Crippen LogP contribution is 2.12. The van der Waals surface area contributed by atoms with Crippen LogP contribution in [0.25, 0.3) is 0 Å². The summed E-state index contributed by atoms with van der Waals surface area (Å²) in [4.78, 5) is 10.5. The molecule has 0 saturated heterocycles. The number of hydrogen-bond donors (Lipinski definition) is 1. The second-order valence-electron chi connectivity index (χ2n) is 3.87. The molecule has 0 saturated carbocycles. The minimum Gasteiger partial charge on any atom is -0.493 e. The molecular formula is C13H18O4. The van der Waals surface area contributed by atoms with E-state index >= 15 is 0 Å². The average Bonchev–Trinajstić information content (AvgIpc) is 2.28. The Balaban J connectivity index is 2.14. The Hall–Kier alpha value is -1.55. The summed E-state index contributed by atoms with van der Waals surface area (Å²) in [5.41, 5.74) is 1.15. The number of benzene rings is 1. The lowest BCUT2D eigenvalue weighted by molar-refractivity contribution is -0.149. The van der Waals surface area contributed by atoms with E-state index in [4.69, 9.17) is 14.6 Å². The number of carboxylic acids is 1. The Kier molecular flexibility index (Phi) is 5.49. The Morgan fingerprint density at radius 3 is 2.82 bits per heavy atom. The quantitative estimate of drug-likeness (QED) is 0.740. The molecule has 0 fully saturated rings. The summed E-state index contributed by atoms with van der Waals surface area (Å²) in [5.74, 6) is -0.110. The van der Waals surface area contributed by atoms with Crippen LogP contribution < -0.4 is 4.74 Å². The zero-order chi connectivity index (χ0) is 12.7. The van der Waals surface area contributed by atoms with Crippen molar-refractivity contribution in [2.45, 2.75) is 26.4 Å². The van der Waals surface area contributed by atoms with Gasteiger partial charge in [-0.05, 0) is 31.5 Å². The van der Waals surface area contributed by atoms with E-state index < -0.39 is 12.1 Å². The summed E-state index contributed by atoms with van der Waals surface area (Å²) in [6.45, 7) is 4.43. The van der Waals surface area contributed by atoms with E-state index in [1.54, 1.807) is 0 Å². The molecule has 1 aromatic rings. The molecule has 0 unspecified atom stereocenters. The van der Waals surface area contributed by atoms with Crippen LogP contribution in [0.3, 0.4) is 0 Å². The topological polar surface area (TPSA) is 55.8 Å². The Morgan fingerprint density at radius 1 is 1.41 bits per heavy atom. The third kappa shape index (κ3) is 5.36. The number of hydrogen-bond acceptors (Lipinski definition) is 3. The lowest BCUT2D eigenvalue weighted by atomic mass is 10.2. The van der Waals surface area contributed by atoms with Crippen LogP contribution in [0.1, 0.15) is 18.9 Å². The molecule has 4 heteroatoms. The molecule has 17 heavy (non-hydrogen) atoms. The molecular weight excluding hydrogens is 220 g/mol. The zero-order valence-corrected chi connectivity index (χ0v) is 10.2. The van der Waals surface area contributed by atoms with Gasteiger partial charge in [0.25, 0.3) is 0 Å². The fourth-order valence-electron chi connectivity index (χ4n) is 1.29. The van der Waals surface area contributed by atoms with Gasteiger partial charge in [-0.1, -0.05) is 12.1 Å². The number of aliphatic carboxylic acids is 1. The van der Waals surface area contributed by atoms with Crippen LogP contribution in [0.5, 0.6) is 5.75 Å². The molecule has 0 aliphatic rings. The molecule has 1 rings (SSSR count). The molecule has 0 aromatic heterocycles. The van der Waals surface area contributed by atoms with Crippen LogP contribution in [0.15, 0.2) is 24.3 Å². The molecule has 0 spiro atoms. The third-order valence-electron chi connectivity index (χ3n) is 2.26. The molecule has 1 N–H and O–H groups in total. The molecule has 0 aliphatic carbocycles. The van der Waals surface area contributed by atoms with Gasteiger partial charge in [0, 0.05) is 6.42 Å². The lowest BCUT2D eigenvalue weighted by Crippen LogP contribution is -2.20. The van der Waals surface area contributed by atoms with Crippen molar-refractivity contribution in [3.63, 3.8) is 0 Å². The van der Waals surface area contributed by atoms with Crippen LogP contribution in [0.2, 0.25) is 0 Å². The molecule has 0 heterocycles. The van der Waals surface area contributed by atoms with Crippen LogP contribution in [-0.4, -0.2) is 30.4 Å². The second-order valence-corrected chi connectivity index (χ2v) is 3.87. The maximum atomic E-state index is 10.5. The van der Waals surface area contributed by atoms with Gasteiger partial charge in [0.05, 0.1) is 13.2 Å². The standard InChI is InChI=1S/C13H18O4/c1-10-5-3-6-12(9-10)17-8-4-7-16-11(2)13(14)15/h3,5-6,9,11H,4,7-8H2,1-2H3,(H,14,15)/t11-/m0/s1. The predicted molar refractivity (Wildman–Crippen MR) is 64.3 cm³/mol. The summed E-state index contributed by atoms with van der Waals surface area (Å²) in [6.07, 6.45) is -0.0834. The van der Waals surface area contributed by atoms with Gasteiger partial charge >= 0.3 is 5.97 Å². The first-order valence-corrected chi connectivity index (χ1v) is 5.63. The minimum absolute atomic E-state index is 0.388. The lowest BCUT2D eigenvalue weighted by Gasteiger charge is -2.09. The van der Waals surface area contributed by atoms with Crippen molar-refractivity contribution in [1.82, 2.24) is 0 Å². The Morgan fingerprint density at radius 2 is 2.18 bits per heavy atom. The van der Waals surface area contributed by atoms with Crippen molar-refractivity contribution in [3.05, 3.63) is 29.8 Å². The van der Waals surface area contributed by atoms with Gasteiger partial charge in [0.15, 0.2) is 6.10 Å². The van der Waals surface area contributed by atoms with Gasteiger partial charge in [0.1, 0.15) is 5.75 Å². The summed E-state index contributed by atoms with van der Waals surface area (Å²) in [6, 6.07) is 7.80. The van der Waals surface area contributed by atoms with E-state index in [1.165, 1.54) is 6.92 Å². The molecule has 4 nitrogen and oxygen atoms in total. The maximum absolute atomic E-state index is 10.5. The average molecular weight is 238 g/mol. The molecule has 0 bridgehead atoms. The Labute approximate surface area is 101 Å². The summed E-state index contributed by atoms with van der Waals surface area (Å²) in [7, 11) is 0. The molecule has 0 amide bonds. The maximum Gasteiger partial charge on any atom is 0.332 e. The predicted octanol–water partition coefficient (Wildman–Crippen LogP) is 2.25. The first-order valence-electron chi connectivity index (χ1n) is 5.63. The van der Waals surface area contributed by atoms with E-state index in [1.807, 2.05) is 31.2 Å². The van der Waals surface area contributed by atoms with Crippen molar-refractivity contribution in [1.29, 1.82) is 0 Å². The van der Waals surface area contributed by atoms with Crippen molar-refractivity contribution in [3.8, 4) is 5.75 Å². The molecule has 1 atom stereocenters. The smallest absolute Gasteiger partial charge is 0.332 e. The number of aryl methyl sites for hydroxylation is 1. The monoisotopic (exact) mass is 238 g/mol. The first kappa shape index (κ1) is 13.5. The third-order valence-corrected chi connectivity index (χ3v) is 2.26. The number of rotatable bonds is 7. The van der Waals surface area contributed by atoms with E-state index in [0.717, 1.165) is 11.3 Å². The van der Waals surface area contributed by atoms with E-state index in [-0.39, 0.29) is 0 Å². The van der Waals surface area contributed by atoms with Gasteiger partial charge in [-0.15, -0.1) is 0 Å². The van der Waals surface area contributed by atoms with Crippen LogP contribution in [0, 0.1) is 6.92 Å². The number of carboxylic acid groups (broad SMARTS) is 1. The molecule has 94 valence electrons. The van der Waals surface area contributed by atoms with Crippen LogP contribution in [-0.2, 0) is 9.53 Å². The summed E-state index contributed by atoms with van der Waals surface area (Å²) < 4.78 is 10.6. The van der Waals surface area contributed by atoms with Crippen molar-refractivity contribution in [2.75, 3.05) is 13.2 Å². The van der Waals surface area contributed by atoms with Gasteiger partial charge < -0.3 is 14.6 Å². The molecule has 1 aromatic carbocycles. The van der Waals surface area contributed by atoms with Crippen molar-refractivity contribution in [2.24, 2.45) is 0 Å². The van der Waals surface area contributed by atoms with Crippen LogP contribution >= 0.6 is 0 Å². The van der Waals surface area contributed by atoms with E-state index in [9.17, 15) is 4.79 Å². The number of carbonyl (C=O) groups is 1. The minimum atomic E-state index is -0.940. The first-order chi connectivity index (χ1) is 8.09. The normalized spacial score (nSPS) is 12.1. The second kappa shape index (κ2) is 6.91. The zero-order valence-electron chi connectivity index (χ0n) is 10.2. The highest BCUT2D eigenvalue weighted by Gasteiger charge is 2.09. The highest BCUT2D eigenvalue weighted by molar-refractivity contribution is 5.71. The van der Waals surface area contributed by atoms with Gasteiger partial charge in [-0.3, -0.25) is 0 Å². The summed E-state index contributed by atoms with van der Waals surface area (Å²) in [5, 5.41) is 8.59. The number of ether oxygens (including phenoxy) is 2. The molecule has 0 radical (unpaired) electrons. The molecule has 0 aliphatic heterocycles. The van der Waals surface area contributed by atoms with E-state index in [2.05, 4.69) is 0 Å².